The number of hydrogen-bond acceptors (Lipinski definition) is 5. The summed E-state index contributed by atoms with van der Waals surface area (Å²) in [5, 5.41) is 18.6. The van der Waals surface area contributed by atoms with E-state index in [0.29, 0.717) is 17.0 Å². The molecule has 2 aromatic rings. The minimum absolute atomic E-state index is 0.0887. The fourth-order valence-electron chi connectivity index (χ4n) is 2.16. The molecule has 0 saturated heterocycles. The molecule has 0 amide bonds. The predicted molar refractivity (Wildman–Crippen MR) is 90.5 cm³/mol. The van der Waals surface area contributed by atoms with E-state index in [1.54, 1.807) is 38.2 Å². The number of aromatic hydroxyl groups is 1. The highest BCUT2D eigenvalue weighted by molar-refractivity contribution is 6.08. The fraction of sp³-hybridized carbons (Fsp3) is 0.222. The highest BCUT2D eigenvalue weighted by atomic mass is 16.5. The van der Waals surface area contributed by atoms with E-state index in [1.807, 2.05) is 0 Å². The minimum Gasteiger partial charge on any atom is -0.507 e. The van der Waals surface area contributed by atoms with Gasteiger partial charge in [0.25, 0.3) is 5.56 Å². The van der Waals surface area contributed by atoms with Gasteiger partial charge >= 0.3 is 0 Å². The number of carbonyl (C=O) groups excluding carboxylic acids is 1. The molecule has 0 radical (unpaired) electrons. The Morgan fingerprint density at radius 2 is 2.08 bits per heavy atom. The molecule has 0 atom stereocenters. The summed E-state index contributed by atoms with van der Waals surface area (Å²) in [6.45, 7) is 1.76. The minimum atomic E-state index is -0.574. The van der Waals surface area contributed by atoms with Gasteiger partial charge in [-0.3, -0.25) is 9.59 Å². The number of aliphatic hydroxyl groups is 1. The number of nitrogens with zero attached hydrogens (tertiary/aromatic N) is 1. The number of ketones is 1. The van der Waals surface area contributed by atoms with Crippen molar-refractivity contribution in [1.29, 1.82) is 0 Å². The van der Waals surface area contributed by atoms with Crippen molar-refractivity contribution in [3.05, 3.63) is 63.6 Å². The van der Waals surface area contributed by atoms with Crippen LogP contribution in [-0.2, 0) is 7.05 Å². The lowest BCUT2D eigenvalue weighted by atomic mass is 10.1. The number of ether oxygens (including phenoxy) is 1. The van der Waals surface area contributed by atoms with Crippen molar-refractivity contribution in [2.45, 2.75) is 6.92 Å². The number of pyridine rings is 1. The Bertz CT molecular complexity index is 836. The number of benzene rings is 1. The van der Waals surface area contributed by atoms with Crippen LogP contribution in [0.25, 0.3) is 6.08 Å². The Morgan fingerprint density at radius 1 is 1.33 bits per heavy atom. The quantitative estimate of drug-likeness (QED) is 0.621. The van der Waals surface area contributed by atoms with E-state index in [0.717, 1.165) is 0 Å². The number of carbonyl (C=O) groups is 1. The van der Waals surface area contributed by atoms with Crippen molar-refractivity contribution in [2.24, 2.45) is 7.05 Å². The first-order valence-electron chi connectivity index (χ1n) is 7.39. The van der Waals surface area contributed by atoms with Gasteiger partial charge in [-0.15, -0.1) is 0 Å². The maximum Gasteiger partial charge on any atom is 0.265 e. The van der Waals surface area contributed by atoms with E-state index >= 15 is 0 Å². The van der Waals surface area contributed by atoms with E-state index in [-0.39, 0.29) is 24.5 Å². The van der Waals surface area contributed by atoms with Crippen LogP contribution in [0.5, 0.6) is 11.5 Å². The van der Waals surface area contributed by atoms with Gasteiger partial charge in [-0.2, -0.15) is 0 Å². The summed E-state index contributed by atoms with van der Waals surface area (Å²) in [6.07, 6.45) is 2.77. The third-order valence-electron chi connectivity index (χ3n) is 3.54. The first-order valence-corrected chi connectivity index (χ1v) is 7.39. The highest BCUT2D eigenvalue weighted by Gasteiger charge is 2.16. The van der Waals surface area contributed by atoms with E-state index < -0.39 is 11.3 Å². The van der Waals surface area contributed by atoms with Crippen molar-refractivity contribution in [3.8, 4) is 11.5 Å². The van der Waals surface area contributed by atoms with Crippen LogP contribution in [0.15, 0.2) is 41.2 Å². The van der Waals surface area contributed by atoms with E-state index in [1.165, 1.54) is 22.8 Å². The lowest BCUT2D eigenvalue weighted by Gasteiger charge is -2.07. The van der Waals surface area contributed by atoms with Crippen LogP contribution < -0.4 is 10.3 Å². The van der Waals surface area contributed by atoms with E-state index in [4.69, 9.17) is 9.84 Å². The van der Waals surface area contributed by atoms with Gasteiger partial charge in [0, 0.05) is 18.8 Å². The zero-order valence-electron chi connectivity index (χ0n) is 13.5. The Labute approximate surface area is 139 Å². The zero-order chi connectivity index (χ0) is 17.7. The number of allylic oxidation sites excluding steroid dienone is 1. The fourth-order valence-corrected chi connectivity index (χ4v) is 2.16. The molecule has 6 nitrogen and oxygen atoms in total. The van der Waals surface area contributed by atoms with Gasteiger partial charge < -0.3 is 19.5 Å². The molecule has 0 saturated carbocycles. The smallest absolute Gasteiger partial charge is 0.265 e. The van der Waals surface area contributed by atoms with Gasteiger partial charge in [-0.05, 0) is 30.7 Å². The van der Waals surface area contributed by atoms with Crippen LogP contribution >= 0.6 is 0 Å². The van der Waals surface area contributed by atoms with Crippen LogP contribution in [0, 0.1) is 6.92 Å². The Kier molecular flexibility index (Phi) is 5.55. The monoisotopic (exact) mass is 329 g/mol. The molecule has 1 heterocycles. The molecule has 0 fully saturated rings. The summed E-state index contributed by atoms with van der Waals surface area (Å²) in [5.74, 6) is -0.340. The third kappa shape index (κ3) is 3.91. The Morgan fingerprint density at radius 3 is 2.79 bits per heavy atom. The number of aromatic nitrogens is 1. The molecule has 0 unspecified atom stereocenters. The van der Waals surface area contributed by atoms with Gasteiger partial charge in [0.05, 0.1) is 6.61 Å². The lowest BCUT2D eigenvalue weighted by Crippen LogP contribution is -2.25. The first-order chi connectivity index (χ1) is 11.4. The van der Waals surface area contributed by atoms with Crippen LogP contribution in [0.4, 0.5) is 0 Å². The average molecular weight is 329 g/mol. The summed E-state index contributed by atoms with van der Waals surface area (Å²) in [7, 11) is 1.54. The topological polar surface area (TPSA) is 88.8 Å². The molecule has 0 aliphatic heterocycles. The van der Waals surface area contributed by atoms with Crippen LogP contribution in [0.3, 0.4) is 0 Å². The maximum absolute atomic E-state index is 12.3. The second kappa shape index (κ2) is 7.61. The summed E-state index contributed by atoms with van der Waals surface area (Å²) >= 11 is 0. The van der Waals surface area contributed by atoms with Gasteiger partial charge in [-0.1, -0.05) is 18.2 Å². The van der Waals surface area contributed by atoms with Crippen LogP contribution in [-0.4, -0.2) is 33.8 Å². The Hall–Kier alpha value is -2.86. The number of aryl methyl sites for hydroxylation is 1. The van der Waals surface area contributed by atoms with Crippen molar-refractivity contribution in [3.63, 3.8) is 0 Å². The normalized spacial score (nSPS) is 11.0. The third-order valence-corrected chi connectivity index (χ3v) is 3.54. The van der Waals surface area contributed by atoms with Crippen LogP contribution in [0.1, 0.15) is 21.6 Å². The SMILES string of the molecule is Cc1cc(O)c(C(=O)/C=C/c2cccc(OCCO)c2)c(=O)n1C. The van der Waals surface area contributed by atoms with Crippen molar-refractivity contribution in [1.82, 2.24) is 4.57 Å². The molecular formula is C18H19NO5. The molecule has 6 heteroatoms. The predicted octanol–water partition coefficient (Wildman–Crippen LogP) is 1.67. The molecule has 2 rings (SSSR count). The molecule has 2 N–H and O–H groups in total. The molecule has 0 aliphatic rings. The maximum atomic E-state index is 12.3. The summed E-state index contributed by atoms with van der Waals surface area (Å²) in [4.78, 5) is 24.4. The second-order valence-electron chi connectivity index (χ2n) is 5.25. The molecule has 126 valence electrons. The van der Waals surface area contributed by atoms with Gasteiger partial charge in [-0.25, -0.2) is 0 Å². The van der Waals surface area contributed by atoms with Crippen molar-refractivity contribution < 1.29 is 19.7 Å². The average Bonchev–Trinajstić information content (AvgIpc) is 2.56. The molecule has 0 spiro atoms. The zero-order valence-corrected chi connectivity index (χ0v) is 13.5. The lowest BCUT2D eigenvalue weighted by molar-refractivity contribution is 0.104. The Balaban J connectivity index is 2.26. The van der Waals surface area contributed by atoms with Crippen molar-refractivity contribution in [2.75, 3.05) is 13.2 Å². The van der Waals surface area contributed by atoms with E-state index in [9.17, 15) is 14.7 Å². The number of rotatable bonds is 6. The van der Waals surface area contributed by atoms with Gasteiger partial charge in [0.15, 0.2) is 5.78 Å². The van der Waals surface area contributed by atoms with Crippen molar-refractivity contribution >= 4 is 11.9 Å². The highest BCUT2D eigenvalue weighted by Crippen LogP contribution is 2.17. The number of hydrogen-bond donors (Lipinski definition) is 2. The largest absolute Gasteiger partial charge is 0.507 e. The molecule has 0 aliphatic carbocycles. The first kappa shape index (κ1) is 17.5. The molecule has 1 aromatic heterocycles. The number of aliphatic hydroxyl groups excluding tert-OH is 1. The van der Waals surface area contributed by atoms with Gasteiger partial charge in [0.1, 0.15) is 23.7 Å². The molecule has 24 heavy (non-hydrogen) atoms. The summed E-state index contributed by atoms with van der Waals surface area (Å²) in [5.41, 5.74) is 0.461. The summed E-state index contributed by atoms with van der Waals surface area (Å²) < 4.78 is 6.60. The van der Waals surface area contributed by atoms with Crippen LogP contribution in [0.2, 0.25) is 0 Å². The molecule has 0 bridgehead atoms. The summed E-state index contributed by atoms with van der Waals surface area (Å²) in [6, 6.07) is 8.33. The molecular weight excluding hydrogens is 310 g/mol. The second-order valence-corrected chi connectivity index (χ2v) is 5.25. The van der Waals surface area contributed by atoms with E-state index in [2.05, 4.69) is 0 Å². The molecule has 1 aromatic carbocycles. The van der Waals surface area contributed by atoms with Gasteiger partial charge in [0.2, 0.25) is 0 Å². The standard InChI is InChI=1S/C18H19NO5/c1-12-10-16(22)17(18(23)19(12)2)15(21)7-6-13-4-3-5-14(11-13)24-9-8-20/h3-7,10-11,20,22H,8-9H2,1-2H3/b7-6+.